The molecule has 3 unspecified atom stereocenters. The summed E-state index contributed by atoms with van der Waals surface area (Å²) >= 11 is 0. The molecule has 3 heteroatoms. The Balaban J connectivity index is 1.91. The Morgan fingerprint density at radius 2 is 1.89 bits per heavy atom. The number of hydrogen-bond acceptors (Lipinski definition) is 2. The van der Waals surface area contributed by atoms with Gasteiger partial charge < -0.3 is 10.5 Å². The van der Waals surface area contributed by atoms with Crippen molar-refractivity contribution in [3.05, 3.63) is 29.8 Å². The predicted molar refractivity (Wildman–Crippen MR) is 78.7 cm³/mol. The fourth-order valence-corrected chi connectivity index (χ4v) is 2.70. The van der Waals surface area contributed by atoms with Crippen molar-refractivity contribution in [2.24, 2.45) is 17.6 Å². The maximum Gasteiger partial charge on any atom is 0.119 e. The van der Waals surface area contributed by atoms with Gasteiger partial charge in [0, 0.05) is 6.42 Å². The first kappa shape index (κ1) is 13.9. The molecule has 0 amide bonds. The Kier molecular flexibility index (Phi) is 4.46. The molecule has 0 spiro atoms. The van der Waals surface area contributed by atoms with Crippen LogP contribution in [0.3, 0.4) is 0 Å². The minimum absolute atomic E-state index is 0.198. The van der Waals surface area contributed by atoms with Crippen molar-refractivity contribution in [3.8, 4) is 5.75 Å². The van der Waals surface area contributed by atoms with Crippen LogP contribution in [0.2, 0.25) is 0 Å². The molecule has 0 saturated heterocycles. The number of hydrogen-bond donors (Lipinski definition) is 2. The summed E-state index contributed by atoms with van der Waals surface area (Å²) in [6, 6.07) is 7.96. The lowest BCUT2D eigenvalue weighted by molar-refractivity contribution is 0.101. The smallest absolute Gasteiger partial charge is 0.119 e. The fourth-order valence-electron chi connectivity index (χ4n) is 2.70. The van der Waals surface area contributed by atoms with Crippen LogP contribution >= 0.6 is 0 Å². The third-order valence-corrected chi connectivity index (χ3v) is 4.17. The van der Waals surface area contributed by atoms with Crippen molar-refractivity contribution >= 4 is 5.84 Å². The van der Waals surface area contributed by atoms with E-state index < -0.39 is 0 Å². The van der Waals surface area contributed by atoms with Crippen LogP contribution in [0.5, 0.6) is 5.75 Å². The summed E-state index contributed by atoms with van der Waals surface area (Å²) in [5, 5.41) is 7.28. The second-order valence-electron chi connectivity index (χ2n) is 5.85. The van der Waals surface area contributed by atoms with E-state index in [0.717, 1.165) is 36.0 Å². The summed E-state index contributed by atoms with van der Waals surface area (Å²) in [6.07, 6.45) is 4.42. The van der Waals surface area contributed by atoms with Gasteiger partial charge in [-0.15, -0.1) is 0 Å². The van der Waals surface area contributed by atoms with Crippen LogP contribution in [-0.2, 0) is 6.42 Å². The molecule has 1 fully saturated rings. The van der Waals surface area contributed by atoms with Crippen molar-refractivity contribution in [2.75, 3.05) is 0 Å². The van der Waals surface area contributed by atoms with Crippen molar-refractivity contribution in [1.29, 1.82) is 5.41 Å². The largest absolute Gasteiger partial charge is 0.490 e. The van der Waals surface area contributed by atoms with Gasteiger partial charge in [-0.3, -0.25) is 5.41 Å². The second-order valence-corrected chi connectivity index (χ2v) is 5.85. The molecule has 1 aliphatic carbocycles. The number of amidine groups is 1. The first-order valence-electron chi connectivity index (χ1n) is 7.13. The Morgan fingerprint density at radius 3 is 2.47 bits per heavy atom. The van der Waals surface area contributed by atoms with Crippen LogP contribution in [0.25, 0.3) is 0 Å². The Morgan fingerprint density at radius 1 is 1.21 bits per heavy atom. The number of benzene rings is 1. The van der Waals surface area contributed by atoms with Crippen molar-refractivity contribution in [1.82, 2.24) is 0 Å². The van der Waals surface area contributed by atoms with Gasteiger partial charge in [-0.1, -0.05) is 26.0 Å². The number of rotatable bonds is 4. The third kappa shape index (κ3) is 3.98. The molecular weight excluding hydrogens is 236 g/mol. The molecule has 0 radical (unpaired) electrons. The second kappa shape index (κ2) is 6.09. The van der Waals surface area contributed by atoms with Crippen molar-refractivity contribution in [2.45, 2.75) is 45.6 Å². The highest BCUT2D eigenvalue weighted by atomic mass is 16.5. The number of nitrogens with one attached hydrogen (secondary N) is 1. The maximum atomic E-state index is 7.28. The molecule has 2 rings (SSSR count). The summed E-state index contributed by atoms with van der Waals surface area (Å²) in [6.45, 7) is 4.65. The summed E-state index contributed by atoms with van der Waals surface area (Å²) in [5.41, 5.74) is 6.45. The average Bonchev–Trinajstić information content (AvgIpc) is 2.36. The highest BCUT2D eigenvalue weighted by Gasteiger charge is 2.25. The first-order chi connectivity index (χ1) is 9.04. The van der Waals surface area contributed by atoms with Crippen LogP contribution in [0.15, 0.2) is 24.3 Å². The van der Waals surface area contributed by atoms with E-state index in [1.807, 2.05) is 24.3 Å². The van der Waals surface area contributed by atoms with E-state index in [9.17, 15) is 0 Å². The molecule has 1 saturated carbocycles. The van der Waals surface area contributed by atoms with E-state index in [4.69, 9.17) is 15.9 Å². The first-order valence-corrected chi connectivity index (χ1v) is 7.13. The molecule has 3 nitrogen and oxygen atoms in total. The van der Waals surface area contributed by atoms with E-state index in [0.29, 0.717) is 12.5 Å². The van der Waals surface area contributed by atoms with Gasteiger partial charge in [-0.25, -0.2) is 0 Å². The summed E-state index contributed by atoms with van der Waals surface area (Å²) in [5.74, 6) is 2.69. The van der Waals surface area contributed by atoms with Crippen LogP contribution < -0.4 is 10.5 Å². The van der Waals surface area contributed by atoms with Gasteiger partial charge in [-0.2, -0.15) is 0 Å². The molecule has 0 aliphatic heterocycles. The standard InChI is InChI=1S/C16H24N2O/c1-11-3-6-15(9-12(11)2)19-14-7-4-13(5-8-14)10-16(17)18/h4-5,7-8,11-12,15H,3,6,9-10H2,1-2H3,(H3,17,18). The van der Waals surface area contributed by atoms with Gasteiger partial charge in [-0.05, 0) is 48.8 Å². The lowest BCUT2D eigenvalue weighted by atomic mass is 9.80. The summed E-state index contributed by atoms with van der Waals surface area (Å²) in [4.78, 5) is 0. The minimum atomic E-state index is 0.198. The molecule has 19 heavy (non-hydrogen) atoms. The Labute approximate surface area is 115 Å². The monoisotopic (exact) mass is 260 g/mol. The molecular formula is C16H24N2O. The van der Waals surface area contributed by atoms with E-state index in [2.05, 4.69) is 13.8 Å². The molecule has 1 aliphatic rings. The minimum Gasteiger partial charge on any atom is -0.490 e. The van der Waals surface area contributed by atoms with Crippen molar-refractivity contribution < 1.29 is 4.74 Å². The third-order valence-electron chi connectivity index (χ3n) is 4.17. The van der Waals surface area contributed by atoms with Gasteiger partial charge in [0.25, 0.3) is 0 Å². The van der Waals surface area contributed by atoms with E-state index in [-0.39, 0.29) is 5.84 Å². The zero-order valence-electron chi connectivity index (χ0n) is 11.9. The molecule has 0 heterocycles. The lowest BCUT2D eigenvalue weighted by Gasteiger charge is -2.32. The van der Waals surface area contributed by atoms with Crippen LogP contribution in [-0.4, -0.2) is 11.9 Å². The van der Waals surface area contributed by atoms with Crippen LogP contribution in [0.1, 0.15) is 38.7 Å². The van der Waals surface area contributed by atoms with Gasteiger partial charge >= 0.3 is 0 Å². The Bertz CT molecular complexity index is 427. The summed E-state index contributed by atoms with van der Waals surface area (Å²) in [7, 11) is 0. The van der Waals surface area contributed by atoms with Gasteiger partial charge in [0.05, 0.1) is 11.9 Å². The lowest BCUT2D eigenvalue weighted by Crippen LogP contribution is -2.28. The predicted octanol–water partition coefficient (Wildman–Crippen LogP) is 3.37. The molecule has 1 aromatic rings. The topological polar surface area (TPSA) is 59.1 Å². The summed E-state index contributed by atoms with van der Waals surface area (Å²) < 4.78 is 6.05. The molecule has 3 N–H and O–H groups in total. The quantitative estimate of drug-likeness (QED) is 0.644. The highest BCUT2D eigenvalue weighted by Crippen LogP contribution is 2.31. The number of nitrogens with two attached hydrogens (primary N) is 1. The molecule has 104 valence electrons. The van der Waals surface area contributed by atoms with Crippen molar-refractivity contribution in [3.63, 3.8) is 0 Å². The van der Waals surface area contributed by atoms with E-state index in [1.54, 1.807) is 0 Å². The SMILES string of the molecule is CC1CCC(Oc2ccc(CC(=N)N)cc2)CC1C. The normalized spacial score (nSPS) is 26.9. The average molecular weight is 260 g/mol. The number of ether oxygens (including phenoxy) is 1. The van der Waals surface area contributed by atoms with E-state index >= 15 is 0 Å². The van der Waals surface area contributed by atoms with Crippen LogP contribution in [0, 0.1) is 17.2 Å². The zero-order valence-corrected chi connectivity index (χ0v) is 11.9. The van der Waals surface area contributed by atoms with Gasteiger partial charge in [0.15, 0.2) is 0 Å². The maximum absolute atomic E-state index is 7.28. The fraction of sp³-hybridized carbons (Fsp3) is 0.562. The van der Waals surface area contributed by atoms with Gasteiger partial charge in [0.2, 0.25) is 0 Å². The molecule has 0 aromatic heterocycles. The molecule has 3 atom stereocenters. The Hall–Kier alpha value is -1.51. The van der Waals surface area contributed by atoms with Gasteiger partial charge in [0.1, 0.15) is 5.75 Å². The van der Waals surface area contributed by atoms with Crippen LogP contribution in [0.4, 0.5) is 0 Å². The zero-order chi connectivity index (χ0) is 13.8. The highest BCUT2D eigenvalue weighted by molar-refractivity contribution is 5.79. The molecule has 0 bridgehead atoms. The van der Waals surface area contributed by atoms with E-state index in [1.165, 1.54) is 6.42 Å². The molecule has 1 aromatic carbocycles.